The minimum Gasteiger partial charge on any atom is -0.493 e. The van der Waals surface area contributed by atoms with Crippen molar-refractivity contribution >= 4 is 17.0 Å². The fourth-order valence-corrected chi connectivity index (χ4v) is 2.91. The van der Waals surface area contributed by atoms with E-state index < -0.39 is 0 Å². The number of fused-ring (bicyclic) bond motifs is 1. The molecule has 0 aliphatic rings. The van der Waals surface area contributed by atoms with Crippen molar-refractivity contribution in [2.75, 3.05) is 7.11 Å². The number of hydrogen-bond donors (Lipinski definition) is 1. The fourth-order valence-electron chi connectivity index (χ4n) is 2.91. The van der Waals surface area contributed by atoms with E-state index in [4.69, 9.17) is 13.9 Å². The molecule has 0 radical (unpaired) electrons. The quantitative estimate of drug-likeness (QED) is 0.510. The highest BCUT2D eigenvalue weighted by atomic mass is 16.5. The maximum absolute atomic E-state index is 12.4. The number of furan rings is 1. The van der Waals surface area contributed by atoms with E-state index in [0.29, 0.717) is 34.9 Å². The maximum atomic E-state index is 12.4. The summed E-state index contributed by atoms with van der Waals surface area (Å²) in [7, 11) is 1.60. The highest BCUT2D eigenvalue weighted by Gasteiger charge is 2.13. The Morgan fingerprint density at radius 3 is 2.55 bits per heavy atom. The van der Waals surface area contributed by atoms with Crippen molar-refractivity contribution in [3.8, 4) is 17.2 Å². The molecule has 29 heavy (non-hydrogen) atoms. The van der Waals surface area contributed by atoms with Gasteiger partial charge in [0, 0.05) is 18.3 Å². The zero-order valence-corrected chi connectivity index (χ0v) is 16.1. The lowest BCUT2D eigenvalue weighted by Crippen LogP contribution is -2.22. The van der Waals surface area contributed by atoms with Crippen LogP contribution in [0.4, 0.5) is 0 Å². The Morgan fingerprint density at radius 2 is 1.79 bits per heavy atom. The summed E-state index contributed by atoms with van der Waals surface area (Å²) in [5.41, 5.74) is 3.09. The van der Waals surface area contributed by atoms with Crippen molar-refractivity contribution in [2.24, 2.45) is 0 Å². The van der Waals surface area contributed by atoms with Crippen molar-refractivity contribution in [1.82, 2.24) is 10.3 Å². The van der Waals surface area contributed by atoms with Crippen LogP contribution in [0.3, 0.4) is 0 Å². The van der Waals surface area contributed by atoms with E-state index in [0.717, 1.165) is 11.3 Å². The molecule has 2 heterocycles. The molecular weight excluding hydrogens is 368 g/mol. The summed E-state index contributed by atoms with van der Waals surface area (Å²) in [6.07, 6.45) is 0. The van der Waals surface area contributed by atoms with Crippen molar-refractivity contribution in [3.05, 3.63) is 83.7 Å². The Balaban J connectivity index is 1.39. The van der Waals surface area contributed by atoms with Crippen molar-refractivity contribution in [2.45, 2.75) is 13.5 Å². The highest BCUT2D eigenvalue weighted by molar-refractivity contribution is 5.95. The van der Waals surface area contributed by atoms with E-state index in [-0.39, 0.29) is 11.7 Å². The molecule has 4 rings (SSSR count). The van der Waals surface area contributed by atoms with E-state index in [1.165, 1.54) is 0 Å². The molecular formula is C23H20N2O4. The Morgan fingerprint density at radius 1 is 1.03 bits per heavy atom. The van der Waals surface area contributed by atoms with Crippen LogP contribution in [0.25, 0.3) is 11.1 Å². The van der Waals surface area contributed by atoms with Gasteiger partial charge in [-0.2, -0.15) is 0 Å². The second-order valence-electron chi connectivity index (χ2n) is 6.53. The monoisotopic (exact) mass is 388 g/mol. The molecule has 6 nitrogen and oxygen atoms in total. The SMILES string of the molecule is COc1ccccc1Oc1ccc(CNC(=O)c2cc3nc(C)ccc3o2)cc1. The first kappa shape index (κ1) is 18.6. The summed E-state index contributed by atoms with van der Waals surface area (Å²) >= 11 is 0. The van der Waals surface area contributed by atoms with Crippen LogP contribution in [0, 0.1) is 6.92 Å². The highest BCUT2D eigenvalue weighted by Crippen LogP contribution is 2.30. The van der Waals surface area contributed by atoms with E-state index in [1.807, 2.05) is 67.6 Å². The van der Waals surface area contributed by atoms with E-state index in [1.54, 1.807) is 13.2 Å². The molecule has 0 unspecified atom stereocenters. The average Bonchev–Trinajstić information content (AvgIpc) is 3.17. The third-order valence-electron chi connectivity index (χ3n) is 4.41. The van der Waals surface area contributed by atoms with Crippen LogP contribution in [-0.4, -0.2) is 18.0 Å². The van der Waals surface area contributed by atoms with Gasteiger partial charge in [0.2, 0.25) is 0 Å². The normalized spacial score (nSPS) is 10.7. The molecule has 0 spiro atoms. The van der Waals surface area contributed by atoms with Crippen molar-refractivity contribution < 1.29 is 18.7 Å². The molecule has 146 valence electrons. The largest absolute Gasteiger partial charge is 0.493 e. The molecule has 4 aromatic rings. The van der Waals surface area contributed by atoms with Gasteiger partial charge in [0.15, 0.2) is 22.8 Å². The fraction of sp³-hybridized carbons (Fsp3) is 0.130. The topological polar surface area (TPSA) is 73.6 Å². The first-order valence-corrected chi connectivity index (χ1v) is 9.17. The molecule has 1 amide bonds. The zero-order valence-electron chi connectivity index (χ0n) is 16.1. The molecule has 0 atom stereocenters. The number of carbonyl (C=O) groups excluding carboxylic acids is 1. The third kappa shape index (κ3) is 4.21. The standard InChI is InChI=1S/C23H20N2O4/c1-15-7-12-19-18(25-15)13-22(29-19)23(26)24-14-16-8-10-17(11-9-16)28-21-6-4-3-5-20(21)27-2/h3-13H,14H2,1-2H3,(H,24,26). The number of amides is 1. The number of rotatable bonds is 6. The number of para-hydroxylation sites is 2. The molecule has 2 aromatic heterocycles. The van der Waals surface area contributed by atoms with Crippen LogP contribution in [0.15, 0.2) is 71.1 Å². The number of methoxy groups -OCH3 is 1. The summed E-state index contributed by atoms with van der Waals surface area (Å²) in [5, 5.41) is 2.86. The predicted octanol–water partition coefficient (Wildman–Crippen LogP) is 4.87. The van der Waals surface area contributed by atoms with Crippen molar-refractivity contribution in [1.29, 1.82) is 0 Å². The Hall–Kier alpha value is -3.80. The average molecular weight is 388 g/mol. The first-order chi connectivity index (χ1) is 14.1. The predicted molar refractivity (Wildman–Crippen MR) is 109 cm³/mol. The van der Waals surface area contributed by atoms with Gasteiger partial charge in [0.1, 0.15) is 11.3 Å². The molecule has 0 saturated heterocycles. The molecule has 0 aliphatic heterocycles. The van der Waals surface area contributed by atoms with Gasteiger partial charge in [0.05, 0.1) is 7.11 Å². The lowest BCUT2D eigenvalue weighted by molar-refractivity contribution is 0.0925. The number of ether oxygens (including phenoxy) is 2. The summed E-state index contributed by atoms with van der Waals surface area (Å²) in [5.74, 6) is 1.96. The number of carbonyl (C=O) groups is 1. The van der Waals surface area contributed by atoms with Crippen LogP contribution in [0.2, 0.25) is 0 Å². The van der Waals surface area contributed by atoms with E-state index in [2.05, 4.69) is 10.3 Å². The molecule has 0 bridgehead atoms. The van der Waals surface area contributed by atoms with Crippen LogP contribution in [0.1, 0.15) is 21.8 Å². The summed E-state index contributed by atoms with van der Waals surface area (Å²) < 4.78 is 16.7. The lowest BCUT2D eigenvalue weighted by Gasteiger charge is -2.10. The second kappa shape index (κ2) is 8.06. The maximum Gasteiger partial charge on any atom is 0.287 e. The van der Waals surface area contributed by atoms with Gasteiger partial charge in [-0.15, -0.1) is 0 Å². The molecule has 0 fully saturated rings. The van der Waals surface area contributed by atoms with Crippen LogP contribution in [-0.2, 0) is 6.54 Å². The minimum absolute atomic E-state index is 0.245. The smallest absolute Gasteiger partial charge is 0.287 e. The number of benzene rings is 2. The van der Waals surface area contributed by atoms with Gasteiger partial charge >= 0.3 is 0 Å². The van der Waals surface area contributed by atoms with Gasteiger partial charge in [-0.05, 0) is 48.9 Å². The number of nitrogens with zero attached hydrogens (tertiary/aromatic N) is 1. The zero-order chi connectivity index (χ0) is 20.2. The third-order valence-corrected chi connectivity index (χ3v) is 4.41. The summed E-state index contributed by atoms with van der Waals surface area (Å²) in [6, 6.07) is 20.3. The van der Waals surface area contributed by atoms with Crippen LogP contribution >= 0.6 is 0 Å². The van der Waals surface area contributed by atoms with Crippen LogP contribution < -0.4 is 14.8 Å². The molecule has 2 aromatic carbocycles. The summed E-state index contributed by atoms with van der Waals surface area (Å²) in [4.78, 5) is 16.7. The van der Waals surface area contributed by atoms with Crippen LogP contribution in [0.5, 0.6) is 17.2 Å². The Kier molecular flexibility index (Phi) is 5.16. The number of pyridine rings is 1. The molecule has 1 N–H and O–H groups in total. The van der Waals surface area contributed by atoms with Gasteiger partial charge in [0.25, 0.3) is 5.91 Å². The number of aromatic nitrogens is 1. The molecule has 0 saturated carbocycles. The van der Waals surface area contributed by atoms with Gasteiger partial charge < -0.3 is 19.2 Å². The Labute approximate surface area is 168 Å². The van der Waals surface area contributed by atoms with Gasteiger partial charge in [-0.1, -0.05) is 24.3 Å². The lowest BCUT2D eigenvalue weighted by atomic mass is 10.2. The number of hydrogen-bond acceptors (Lipinski definition) is 5. The van der Waals surface area contributed by atoms with Gasteiger partial charge in [-0.3, -0.25) is 4.79 Å². The Bertz CT molecular complexity index is 1150. The van der Waals surface area contributed by atoms with Gasteiger partial charge in [-0.25, -0.2) is 4.98 Å². The number of aryl methyl sites for hydroxylation is 1. The van der Waals surface area contributed by atoms with Crippen molar-refractivity contribution in [3.63, 3.8) is 0 Å². The van der Waals surface area contributed by atoms with E-state index >= 15 is 0 Å². The first-order valence-electron chi connectivity index (χ1n) is 9.17. The number of nitrogens with one attached hydrogen (secondary N) is 1. The molecule has 0 aliphatic carbocycles. The minimum atomic E-state index is -0.282. The molecule has 6 heteroatoms. The van der Waals surface area contributed by atoms with E-state index in [9.17, 15) is 4.79 Å². The summed E-state index contributed by atoms with van der Waals surface area (Å²) in [6.45, 7) is 2.27. The second-order valence-corrected chi connectivity index (χ2v) is 6.53.